The summed E-state index contributed by atoms with van der Waals surface area (Å²) in [4.78, 5) is 33.8. The SMILES string of the molecule is N[C@@H](CCCCNC(=O)C(F)(F)F)C(=O)OC(CCc1ccccc1)C(=O)O. The quantitative estimate of drug-likeness (QED) is 0.382. The van der Waals surface area contributed by atoms with Gasteiger partial charge in [0.2, 0.25) is 0 Å². The minimum atomic E-state index is -4.94. The van der Waals surface area contributed by atoms with E-state index in [4.69, 9.17) is 10.5 Å². The maximum Gasteiger partial charge on any atom is 0.471 e. The molecule has 0 saturated heterocycles. The number of unbranched alkanes of at least 4 members (excludes halogenated alkanes) is 1. The van der Waals surface area contributed by atoms with Crippen molar-refractivity contribution in [2.75, 3.05) is 6.54 Å². The van der Waals surface area contributed by atoms with E-state index in [1.165, 1.54) is 0 Å². The topological polar surface area (TPSA) is 119 Å². The van der Waals surface area contributed by atoms with Crippen LogP contribution in [0.5, 0.6) is 0 Å². The standard InChI is InChI=1S/C18H23F3N2O5/c19-18(20,21)17(27)23-11-5-4-8-13(22)16(26)28-14(15(24)25)10-9-12-6-2-1-3-7-12/h1-3,6-7,13-14H,4-5,8-11,22H2,(H,23,27)(H,24,25)/t13-,14?/m0/s1. The molecule has 0 bridgehead atoms. The number of carboxylic acids is 1. The maximum atomic E-state index is 12.0. The van der Waals surface area contributed by atoms with Gasteiger partial charge in [0.25, 0.3) is 0 Å². The zero-order chi connectivity index (χ0) is 21.2. The summed E-state index contributed by atoms with van der Waals surface area (Å²) in [7, 11) is 0. The van der Waals surface area contributed by atoms with Crippen molar-refractivity contribution in [3.05, 3.63) is 35.9 Å². The first-order valence-corrected chi connectivity index (χ1v) is 8.69. The number of carbonyl (C=O) groups excluding carboxylic acids is 2. The number of ether oxygens (including phenoxy) is 1. The molecule has 0 aliphatic carbocycles. The molecule has 1 aromatic carbocycles. The summed E-state index contributed by atoms with van der Waals surface area (Å²) in [5.41, 5.74) is 6.55. The van der Waals surface area contributed by atoms with Gasteiger partial charge in [0, 0.05) is 6.54 Å². The lowest BCUT2D eigenvalue weighted by Gasteiger charge is -2.17. The second-order valence-corrected chi connectivity index (χ2v) is 6.14. The number of amides is 1. The summed E-state index contributed by atoms with van der Waals surface area (Å²) in [6.45, 7) is -0.213. The Labute approximate surface area is 160 Å². The van der Waals surface area contributed by atoms with E-state index in [9.17, 15) is 32.7 Å². The highest BCUT2D eigenvalue weighted by Crippen LogP contribution is 2.14. The molecule has 4 N–H and O–H groups in total. The number of nitrogens with one attached hydrogen (secondary N) is 1. The molecule has 28 heavy (non-hydrogen) atoms. The maximum absolute atomic E-state index is 12.0. The van der Waals surface area contributed by atoms with E-state index in [-0.39, 0.29) is 32.2 Å². The van der Waals surface area contributed by atoms with Crippen LogP contribution in [0.4, 0.5) is 13.2 Å². The van der Waals surface area contributed by atoms with Gasteiger partial charge < -0.3 is 20.9 Å². The van der Waals surface area contributed by atoms with Crippen molar-refractivity contribution in [3.8, 4) is 0 Å². The average molecular weight is 404 g/mol. The van der Waals surface area contributed by atoms with Gasteiger partial charge in [-0.2, -0.15) is 13.2 Å². The predicted molar refractivity (Wildman–Crippen MR) is 93.2 cm³/mol. The number of halogens is 3. The van der Waals surface area contributed by atoms with Crippen molar-refractivity contribution >= 4 is 17.8 Å². The lowest BCUT2D eigenvalue weighted by molar-refractivity contribution is -0.173. The first-order chi connectivity index (χ1) is 13.1. The molecule has 1 unspecified atom stereocenters. The lowest BCUT2D eigenvalue weighted by atomic mass is 10.1. The normalized spacial score (nSPS) is 13.4. The van der Waals surface area contributed by atoms with Crippen molar-refractivity contribution in [3.63, 3.8) is 0 Å². The highest BCUT2D eigenvalue weighted by Gasteiger charge is 2.38. The van der Waals surface area contributed by atoms with E-state index in [0.717, 1.165) is 5.56 Å². The first-order valence-electron chi connectivity index (χ1n) is 8.69. The number of aliphatic carboxylic acids is 1. The van der Waals surface area contributed by atoms with Crippen LogP contribution in [-0.4, -0.2) is 47.8 Å². The second-order valence-electron chi connectivity index (χ2n) is 6.14. The molecule has 0 aliphatic rings. The van der Waals surface area contributed by atoms with Gasteiger partial charge in [-0.3, -0.25) is 9.59 Å². The van der Waals surface area contributed by atoms with Gasteiger partial charge in [0.05, 0.1) is 0 Å². The number of hydrogen-bond acceptors (Lipinski definition) is 5. The number of esters is 1. The summed E-state index contributed by atoms with van der Waals surface area (Å²) >= 11 is 0. The zero-order valence-corrected chi connectivity index (χ0v) is 15.1. The molecule has 0 aliphatic heterocycles. The highest BCUT2D eigenvalue weighted by atomic mass is 19.4. The fourth-order valence-electron chi connectivity index (χ4n) is 2.31. The van der Waals surface area contributed by atoms with Gasteiger partial charge in [-0.15, -0.1) is 0 Å². The second kappa shape index (κ2) is 11.3. The van der Waals surface area contributed by atoms with E-state index in [1.54, 1.807) is 5.32 Å². The molecule has 1 amide bonds. The number of aryl methyl sites for hydroxylation is 1. The smallest absolute Gasteiger partial charge is 0.471 e. The van der Waals surface area contributed by atoms with Crippen molar-refractivity contribution in [2.24, 2.45) is 5.73 Å². The van der Waals surface area contributed by atoms with E-state index in [0.29, 0.717) is 6.42 Å². The van der Waals surface area contributed by atoms with Gasteiger partial charge in [0.1, 0.15) is 6.04 Å². The van der Waals surface area contributed by atoms with Gasteiger partial charge >= 0.3 is 24.0 Å². The van der Waals surface area contributed by atoms with Crippen LogP contribution < -0.4 is 11.1 Å². The number of alkyl halides is 3. The van der Waals surface area contributed by atoms with Crippen LogP contribution in [0, 0.1) is 0 Å². The van der Waals surface area contributed by atoms with E-state index in [1.807, 2.05) is 30.3 Å². The third-order valence-electron chi connectivity index (χ3n) is 3.86. The monoisotopic (exact) mass is 404 g/mol. The summed E-state index contributed by atoms with van der Waals surface area (Å²) in [5.74, 6) is -4.20. The van der Waals surface area contributed by atoms with Crippen LogP contribution in [-0.2, 0) is 25.5 Å². The van der Waals surface area contributed by atoms with Crippen LogP contribution in [0.25, 0.3) is 0 Å². The third kappa shape index (κ3) is 8.85. The molecular formula is C18H23F3N2O5. The molecule has 0 aromatic heterocycles. The molecule has 0 heterocycles. The molecule has 1 rings (SSSR count). The summed E-state index contributed by atoms with van der Waals surface area (Å²) in [5, 5.41) is 10.9. The Hall–Kier alpha value is -2.62. The Kier molecular flexibility index (Phi) is 9.43. The fraction of sp³-hybridized carbons (Fsp3) is 0.500. The van der Waals surface area contributed by atoms with Crippen LogP contribution in [0.2, 0.25) is 0 Å². The van der Waals surface area contributed by atoms with Crippen molar-refractivity contribution in [1.29, 1.82) is 0 Å². The molecule has 0 radical (unpaired) electrons. The van der Waals surface area contributed by atoms with Crippen molar-refractivity contribution < 1.29 is 37.4 Å². The van der Waals surface area contributed by atoms with E-state index >= 15 is 0 Å². The summed E-state index contributed by atoms with van der Waals surface area (Å²) < 4.78 is 41.0. The Morgan fingerprint density at radius 1 is 1.11 bits per heavy atom. The fourth-order valence-corrected chi connectivity index (χ4v) is 2.31. The Bertz CT molecular complexity index is 652. The summed E-state index contributed by atoms with van der Waals surface area (Å²) in [6, 6.07) is 7.99. The average Bonchev–Trinajstić information content (AvgIpc) is 2.64. The first kappa shape index (κ1) is 23.4. The minimum Gasteiger partial charge on any atom is -0.479 e. The molecule has 2 atom stereocenters. The number of benzene rings is 1. The van der Waals surface area contributed by atoms with Gasteiger partial charge in [-0.1, -0.05) is 30.3 Å². The largest absolute Gasteiger partial charge is 0.479 e. The van der Waals surface area contributed by atoms with E-state index < -0.39 is 36.2 Å². The lowest BCUT2D eigenvalue weighted by Crippen LogP contribution is -2.38. The minimum absolute atomic E-state index is 0.0846. The Morgan fingerprint density at radius 2 is 1.75 bits per heavy atom. The molecule has 0 spiro atoms. The molecular weight excluding hydrogens is 381 g/mol. The Balaban J connectivity index is 2.33. The van der Waals surface area contributed by atoms with Gasteiger partial charge in [-0.25, -0.2) is 4.79 Å². The van der Waals surface area contributed by atoms with Crippen LogP contribution in [0.3, 0.4) is 0 Å². The van der Waals surface area contributed by atoms with Crippen molar-refractivity contribution in [2.45, 2.75) is 50.4 Å². The third-order valence-corrected chi connectivity index (χ3v) is 3.86. The van der Waals surface area contributed by atoms with Crippen LogP contribution >= 0.6 is 0 Å². The Morgan fingerprint density at radius 3 is 2.32 bits per heavy atom. The van der Waals surface area contributed by atoms with Crippen LogP contribution in [0.15, 0.2) is 30.3 Å². The number of carbonyl (C=O) groups is 3. The highest BCUT2D eigenvalue weighted by molar-refractivity contribution is 5.81. The molecule has 0 fully saturated rings. The predicted octanol–water partition coefficient (Wildman–Crippen LogP) is 1.79. The van der Waals surface area contributed by atoms with E-state index in [2.05, 4.69) is 0 Å². The number of rotatable bonds is 11. The van der Waals surface area contributed by atoms with Gasteiger partial charge in [-0.05, 0) is 37.7 Å². The molecule has 0 saturated carbocycles. The molecule has 1 aromatic rings. The zero-order valence-electron chi connectivity index (χ0n) is 15.1. The number of hydrogen-bond donors (Lipinski definition) is 3. The molecule has 156 valence electrons. The molecule has 10 heteroatoms. The van der Waals surface area contributed by atoms with Gasteiger partial charge in [0.15, 0.2) is 6.10 Å². The number of carboxylic acid groups (broad SMARTS) is 1. The number of nitrogens with two attached hydrogens (primary N) is 1. The van der Waals surface area contributed by atoms with Crippen LogP contribution in [0.1, 0.15) is 31.2 Å². The van der Waals surface area contributed by atoms with Crippen molar-refractivity contribution in [1.82, 2.24) is 5.32 Å². The summed E-state index contributed by atoms with van der Waals surface area (Å²) in [6.07, 6.45) is -5.27. The molecule has 7 nitrogen and oxygen atoms in total.